The minimum absolute atomic E-state index is 0.436. The van der Waals surface area contributed by atoms with E-state index in [1.165, 1.54) is 27.1 Å². The molecule has 0 saturated heterocycles. The van der Waals surface area contributed by atoms with E-state index in [-0.39, 0.29) is 0 Å². The second kappa shape index (κ2) is 6.36. The minimum atomic E-state index is 0.436. The largest absolute Gasteiger partial charge is 0.309 e. The van der Waals surface area contributed by atoms with E-state index in [1.54, 1.807) is 0 Å². The van der Waals surface area contributed by atoms with Crippen molar-refractivity contribution in [2.24, 2.45) is 0 Å². The lowest BCUT2D eigenvalue weighted by atomic mass is 9.99. The van der Waals surface area contributed by atoms with Gasteiger partial charge in [0.15, 0.2) is 0 Å². The molecule has 0 aliphatic heterocycles. The summed E-state index contributed by atoms with van der Waals surface area (Å²) in [6, 6.07) is 9.50. The van der Waals surface area contributed by atoms with Gasteiger partial charge in [0.05, 0.1) is 0 Å². The molecule has 1 unspecified atom stereocenters. The van der Waals surface area contributed by atoms with Crippen LogP contribution in [0.2, 0.25) is 0 Å². The van der Waals surface area contributed by atoms with Gasteiger partial charge in [0, 0.05) is 10.9 Å². The molecule has 1 atom stereocenters. The maximum absolute atomic E-state index is 3.62. The molecule has 0 aliphatic rings. The van der Waals surface area contributed by atoms with Crippen molar-refractivity contribution in [1.29, 1.82) is 0 Å². The van der Waals surface area contributed by atoms with Gasteiger partial charge in [-0.15, -0.1) is 11.3 Å². The Balaban J connectivity index is 2.23. The Morgan fingerprint density at radius 1 is 1.11 bits per heavy atom. The van der Waals surface area contributed by atoms with Crippen molar-refractivity contribution >= 4 is 11.3 Å². The standard InChI is InChI=1S/C17H23NS/c1-5-18-16(17-14(4)6-7-19-17)11-15-9-12(2)8-13(3)10-15/h6-10,16,18H,5,11H2,1-4H3. The zero-order chi connectivity index (χ0) is 13.8. The van der Waals surface area contributed by atoms with E-state index in [0.29, 0.717) is 6.04 Å². The van der Waals surface area contributed by atoms with Crippen molar-refractivity contribution in [3.05, 3.63) is 56.8 Å². The van der Waals surface area contributed by atoms with Crippen molar-refractivity contribution in [1.82, 2.24) is 5.32 Å². The summed E-state index contributed by atoms with van der Waals surface area (Å²) in [6.07, 6.45) is 1.07. The zero-order valence-electron chi connectivity index (χ0n) is 12.3. The lowest BCUT2D eigenvalue weighted by Gasteiger charge is -2.18. The van der Waals surface area contributed by atoms with Crippen LogP contribution in [0, 0.1) is 20.8 Å². The van der Waals surface area contributed by atoms with E-state index in [0.717, 1.165) is 13.0 Å². The van der Waals surface area contributed by atoms with Crippen molar-refractivity contribution in [2.75, 3.05) is 6.54 Å². The van der Waals surface area contributed by atoms with Gasteiger partial charge in [0.1, 0.15) is 0 Å². The lowest BCUT2D eigenvalue weighted by molar-refractivity contribution is 0.556. The maximum atomic E-state index is 3.62. The summed E-state index contributed by atoms with van der Waals surface area (Å²) < 4.78 is 0. The quantitative estimate of drug-likeness (QED) is 0.841. The predicted octanol–water partition coefficient (Wildman–Crippen LogP) is 4.57. The fraction of sp³-hybridized carbons (Fsp3) is 0.412. The molecular formula is C17H23NS. The van der Waals surface area contributed by atoms with Crippen LogP contribution in [0.4, 0.5) is 0 Å². The normalized spacial score (nSPS) is 12.6. The molecule has 0 amide bonds. The summed E-state index contributed by atoms with van der Waals surface area (Å²) in [5.41, 5.74) is 5.54. The highest BCUT2D eigenvalue weighted by Gasteiger charge is 2.15. The molecule has 1 aromatic heterocycles. The molecule has 1 N–H and O–H groups in total. The van der Waals surface area contributed by atoms with E-state index in [2.05, 4.69) is 62.7 Å². The highest BCUT2D eigenvalue weighted by atomic mass is 32.1. The molecule has 0 aliphatic carbocycles. The molecule has 2 heteroatoms. The van der Waals surface area contributed by atoms with E-state index < -0.39 is 0 Å². The number of thiophene rings is 1. The molecule has 0 fully saturated rings. The third-order valence-corrected chi connectivity index (χ3v) is 4.52. The fourth-order valence-corrected chi connectivity index (χ4v) is 3.67. The first-order valence-corrected chi connectivity index (χ1v) is 7.82. The summed E-state index contributed by atoms with van der Waals surface area (Å²) in [7, 11) is 0. The van der Waals surface area contributed by atoms with E-state index in [9.17, 15) is 0 Å². The average Bonchev–Trinajstić information content (AvgIpc) is 2.73. The maximum Gasteiger partial charge on any atom is 0.0458 e. The van der Waals surface area contributed by atoms with Crippen LogP contribution >= 0.6 is 11.3 Å². The topological polar surface area (TPSA) is 12.0 Å². The molecule has 19 heavy (non-hydrogen) atoms. The van der Waals surface area contributed by atoms with Gasteiger partial charge in [0.25, 0.3) is 0 Å². The number of benzene rings is 1. The number of likely N-dealkylation sites (N-methyl/N-ethyl adjacent to an activating group) is 1. The SMILES string of the molecule is CCNC(Cc1cc(C)cc(C)c1)c1sccc1C. The Kier molecular flexibility index (Phi) is 4.78. The second-order valence-electron chi connectivity index (χ2n) is 5.28. The molecule has 1 heterocycles. The first-order chi connectivity index (χ1) is 9.10. The summed E-state index contributed by atoms with van der Waals surface area (Å²) in [5, 5.41) is 5.81. The molecule has 1 aromatic carbocycles. The lowest BCUT2D eigenvalue weighted by Crippen LogP contribution is -2.22. The molecule has 0 spiro atoms. The Morgan fingerprint density at radius 2 is 1.79 bits per heavy atom. The van der Waals surface area contributed by atoms with Gasteiger partial charge in [-0.2, -0.15) is 0 Å². The zero-order valence-corrected chi connectivity index (χ0v) is 13.1. The second-order valence-corrected chi connectivity index (χ2v) is 6.23. The van der Waals surface area contributed by atoms with Crippen LogP contribution in [-0.2, 0) is 6.42 Å². The Hall–Kier alpha value is -1.12. The van der Waals surface area contributed by atoms with Crippen LogP contribution < -0.4 is 5.32 Å². The molecule has 2 rings (SSSR count). The molecule has 0 radical (unpaired) electrons. The Bertz CT molecular complexity index is 522. The summed E-state index contributed by atoms with van der Waals surface area (Å²) in [6.45, 7) is 9.74. The average molecular weight is 273 g/mol. The van der Waals surface area contributed by atoms with Crippen LogP contribution in [0.1, 0.15) is 40.1 Å². The first-order valence-electron chi connectivity index (χ1n) is 6.94. The van der Waals surface area contributed by atoms with Gasteiger partial charge >= 0.3 is 0 Å². The van der Waals surface area contributed by atoms with Gasteiger partial charge in [-0.3, -0.25) is 0 Å². The Morgan fingerprint density at radius 3 is 2.32 bits per heavy atom. The van der Waals surface area contributed by atoms with Gasteiger partial charge in [-0.1, -0.05) is 36.2 Å². The van der Waals surface area contributed by atoms with Crippen LogP contribution in [0.25, 0.3) is 0 Å². The third kappa shape index (κ3) is 3.68. The van der Waals surface area contributed by atoms with Gasteiger partial charge in [-0.25, -0.2) is 0 Å². The molecular weight excluding hydrogens is 250 g/mol. The Labute approximate surface area is 120 Å². The van der Waals surface area contributed by atoms with Gasteiger partial charge < -0.3 is 5.32 Å². The van der Waals surface area contributed by atoms with Gasteiger partial charge in [0.2, 0.25) is 0 Å². The highest BCUT2D eigenvalue weighted by molar-refractivity contribution is 7.10. The van der Waals surface area contributed by atoms with Gasteiger partial charge in [-0.05, 0) is 56.3 Å². The van der Waals surface area contributed by atoms with Crippen molar-refractivity contribution in [3.63, 3.8) is 0 Å². The van der Waals surface area contributed by atoms with Crippen LogP contribution in [0.15, 0.2) is 29.6 Å². The molecule has 1 nitrogen and oxygen atoms in total. The van der Waals surface area contributed by atoms with Crippen molar-refractivity contribution in [3.8, 4) is 0 Å². The van der Waals surface area contributed by atoms with Crippen LogP contribution in [0.3, 0.4) is 0 Å². The number of nitrogens with one attached hydrogen (secondary N) is 1. The fourth-order valence-electron chi connectivity index (χ4n) is 2.67. The predicted molar refractivity (Wildman–Crippen MR) is 85.1 cm³/mol. The van der Waals surface area contributed by atoms with E-state index in [1.807, 2.05) is 11.3 Å². The van der Waals surface area contributed by atoms with E-state index >= 15 is 0 Å². The smallest absolute Gasteiger partial charge is 0.0458 e. The summed E-state index contributed by atoms with van der Waals surface area (Å²) >= 11 is 1.86. The molecule has 0 bridgehead atoms. The minimum Gasteiger partial charge on any atom is -0.309 e. The molecule has 102 valence electrons. The molecule has 2 aromatic rings. The van der Waals surface area contributed by atoms with Crippen LogP contribution in [0.5, 0.6) is 0 Å². The summed E-state index contributed by atoms with van der Waals surface area (Å²) in [5.74, 6) is 0. The number of hydrogen-bond acceptors (Lipinski definition) is 2. The van der Waals surface area contributed by atoms with E-state index in [4.69, 9.17) is 0 Å². The first kappa shape index (κ1) is 14.3. The third-order valence-electron chi connectivity index (χ3n) is 3.39. The highest BCUT2D eigenvalue weighted by Crippen LogP contribution is 2.27. The summed E-state index contributed by atoms with van der Waals surface area (Å²) in [4.78, 5) is 1.47. The number of aryl methyl sites for hydroxylation is 3. The van der Waals surface area contributed by atoms with Crippen LogP contribution in [-0.4, -0.2) is 6.54 Å². The molecule has 0 saturated carbocycles. The number of hydrogen-bond donors (Lipinski definition) is 1. The van der Waals surface area contributed by atoms with Crippen molar-refractivity contribution in [2.45, 2.75) is 40.2 Å². The monoisotopic (exact) mass is 273 g/mol. The number of rotatable bonds is 5. The van der Waals surface area contributed by atoms with Crippen molar-refractivity contribution < 1.29 is 0 Å².